The zero-order chi connectivity index (χ0) is 18.0. The minimum atomic E-state index is 0.787. The van der Waals surface area contributed by atoms with Crippen molar-refractivity contribution in [2.45, 2.75) is 32.6 Å². The first-order chi connectivity index (χ1) is 12.8. The van der Waals surface area contributed by atoms with E-state index in [0.29, 0.717) is 0 Å². The highest BCUT2D eigenvalue weighted by Crippen LogP contribution is 2.25. The molecule has 3 aromatic carbocycles. The van der Waals surface area contributed by atoms with Gasteiger partial charge in [0.1, 0.15) is 5.75 Å². The topological polar surface area (TPSA) is 21.3 Å². The van der Waals surface area contributed by atoms with Gasteiger partial charge in [-0.05, 0) is 41.8 Å². The van der Waals surface area contributed by atoms with Gasteiger partial charge in [0.2, 0.25) is 0 Å². The lowest BCUT2D eigenvalue weighted by Gasteiger charge is -2.11. The maximum atomic E-state index is 5.87. The predicted molar refractivity (Wildman–Crippen MR) is 111 cm³/mol. The van der Waals surface area contributed by atoms with E-state index in [-0.39, 0.29) is 0 Å². The maximum absolute atomic E-state index is 5.87. The number of anilines is 2. The molecule has 0 bridgehead atoms. The highest BCUT2D eigenvalue weighted by Gasteiger charge is 2.00. The van der Waals surface area contributed by atoms with Gasteiger partial charge in [0, 0.05) is 17.4 Å². The number of rotatable bonds is 9. The van der Waals surface area contributed by atoms with E-state index in [0.717, 1.165) is 30.2 Å². The Labute approximate surface area is 156 Å². The Morgan fingerprint density at radius 2 is 1.46 bits per heavy atom. The van der Waals surface area contributed by atoms with Crippen LogP contribution in [0.1, 0.15) is 32.6 Å². The average Bonchev–Trinajstić information content (AvgIpc) is 2.69. The van der Waals surface area contributed by atoms with E-state index in [2.05, 4.69) is 72.9 Å². The summed E-state index contributed by atoms with van der Waals surface area (Å²) in [5, 5.41) is 3.45. The molecule has 3 aromatic rings. The van der Waals surface area contributed by atoms with Crippen LogP contribution in [0.5, 0.6) is 5.75 Å². The fraction of sp³-hybridized carbons (Fsp3) is 0.250. The van der Waals surface area contributed by atoms with E-state index in [1.807, 2.05) is 18.2 Å². The molecule has 0 saturated heterocycles. The molecule has 134 valence electrons. The molecule has 0 aliphatic carbocycles. The third kappa shape index (κ3) is 5.38. The fourth-order valence-electron chi connectivity index (χ4n) is 2.93. The monoisotopic (exact) mass is 345 g/mol. The molecule has 0 heterocycles. The minimum absolute atomic E-state index is 0.787. The second-order valence-electron chi connectivity index (χ2n) is 6.51. The number of nitrogens with one attached hydrogen (secondary N) is 1. The van der Waals surface area contributed by atoms with Crippen molar-refractivity contribution in [3.05, 3.63) is 78.9 Å². The number of ether oxygens (including phenoxy) is 1. The van der Waals surface area contributed by atoms with Crippen LogP contribution < -0.4 is 10.1 Å². The molecule has 2 nitrogen and oxygen atoms in total. The van der Waals surface area contributed by atoms with Crippen LogP contribution in [0.3, 0.4) is 0 Å². The van der Waals surface area contributed by atoms with Gasteiger partial charge in [-0.2, -0.15) is 0 Å². The molecule has 0 aliphatic heterocycles. The van der Waals surface area contributed by atoms with E-state index in [4.69, 9.17) is 4.74 Å². The summed E-state index contributed by atoms with van der Waals surface area (Å²) < 4.78 is 5.87. The van der Waals surface area contributed by atoms with Crippen LogP contribution in [0, 0.1) is 0 Å². The second kappa shape index (κ2) is 9.67. The maximum Gasteiger partial charge on any atom is 0.121 e. The molecule has 0 saturated carbocycles. The highest BCUT2D eigenvalue weighted by atomic mass is 16.5. The molecule has 0 spiro atoms. The lowest BCUT2D eigenvalue weighted by molar-refractivity contribution is 0.305. The van der Waals surface area contributed by atoms with Crippen molar-refractivity contribution in [2.24, 2.45) is 0 Å². The number of hydrogen-bond acceptors (Lipinski definition) is 2. The quantitative estimate of drug-likeness (QED) is 0.419. The highest BCUT2D eigenvalue weighted by molar-refractivity contribution is 5.68. The van der Waals surface area contributed by atoms with Gasteiger partial charge in [-0.25, -0.2) is 0 Å². The molecule has 0 fully saturated rings. The molecule has 26 heavy (non-hydrogen) atoms. The van der Waals surface area contributed by atoms with Crippen LogP contribution in [-0.2, 0) is 0 Å². The van der Waals surface area contributed by atoms with Gasteiger partial charge >= 0.3 is 0 Å². The Morgan fingerprint density at radius 1 is 0.692 bits per heavy atom. The summed E-state index contributed by atoms with van der Waals surface area (Å²) in [6.45, 7) is 3.01. The number of unbranched alkanes of at least 4 members (excludes halogenated alkanes) is 3. The van der Waals surface area contributed by atoms with E-state index in [1.165, 1.54) is 30.4 Å². The van der Waals surface area contributed by atoms with Crippen LogP contribution in [0.25, 0.3) is 11.1 Å². The molecule has 3 rings (SSSR count). The van der Waals surface area contributed by atoms with Gasteiger partial charge in [0.05, 0.1) is 6.61 Å². The summed E-state index contributed by atoms with van der Waals surface area (Å²) in [4.78, 5) is 0. The molecule has 0 radical (unpaired) electrons. The lowest BCUT2D eigenvalue weighted by atomic mass is 10.1. The predicted octanol–water partition coefficient (Wildman–Crippen LogP) is 7.06. The third-order valence-corrected chi connectivity index (χ3v) is 4.38. The SMILES string of the molecule is CCCCCCOc1cccc(Nc2ccc(-c3ccccc3)cc2)c1. The van der Waals surface area contributed by atoms with Gasteiger partial charge in [0.15, 0.2) is 0 Å². The molecule has 1 N–H and O–H groups in total. The van der Waals surface area contributed by atoms with Crippen molar-refractivity contribution in [2.75, 3.05) is 11.9 Å². The van der Waals surface area contributed by atoms with Gasteiger partial charge in [-0.1, -0.05) is 74.7 Å². The van der Waals surface area contributed by atoms with Gasteiger partial charge in [-0.15, -0.1) is 0 Å². The smallest absolute Gasteiger partial charge is 0.121 e. The molecule has 0 amide bonds. The van der Waals surface area contributed by atoms with Crippen LogP contribution in [0.2, 0.25) is 0 Å². The van der Waals surface area contributed by atoms with E-state index in [1.54, 1.807) is 0 Å². The zero-order valence-corrected chi connectivity index (χ0v) is 15.4. The van der Waals surface area contributed by atoms with E-state index < -0.39 is 0 Å². The fourth-order valence-corrected chi connectivity index (χ4v) is 2.93. The summed E-state index contributed by atoms with van der Waals surface area (Å²) in [6, 6.07) is 27.1. The van der Waals surface area contributed by atoms with Crippen molar-refractivity contribution in [3.63, 3.8) is 0 Å². The van der Waals surface area contributed by atoms with Gasteiger partial charge < -0.3 is 10.1 Å². The molecule has 0 atom stereocenters. The van der Waals surface area contributed by atoms with Gasteiger partial charge in [0.25, 0.3) is 0 Å². The van der Waals surface area contributed by atoms with E-state index >= 15 is 0 Å². The van der Waals surface area contributed by atoms with E-state index in [9.17, 15) is 0 Å². The minimum Gasteiger partial charge on any atom is -0.494 e. The Bertz CT molecular complexity index is 781. The van der Waals surface area contributed by atoms with Crippen molar-refractivity contribution in [1.29, 1.82) is 0 Å². The largest absolute Gasteiger partial charge is 0.494 e. The summed E-state index contributed by atoms with van der Waals surface area (Å²) in [5.74, 6) is 0.924. The zero-order valence-electron chi connectivity index (χ0n) is 15.4. The summed E-state index contributed by atoms with van der Waals surface area (Å²) in [7, 11) is 0. The lowest BCUT2D eigenvalue weighted by Crippen LogP contribution is -1.98. The Balaban J connectivity index is 1.57. The third-order valence-electron chi connectivity index (χ3n) is 4.38. The van der Waals surface area contributed by atoms with Crippen LogP contribution >= 0.6 is 0 Å². The van der Waals surface area contributed by atoms with Gasteiger partial charge in [-0.3, -0.25) is 0 Å². The van der Waals surface area contributed by atoms with Crippen LogP contribution in [0.4, 0.5) is 11.4 Å². The van der Waals surface area contributed by atoms with Crippen molar-refractivity contribution >= 4 is 11.4 Å². The van der Waals surface area contributed by atoms with Crippen LogP contribution in [0.15, 0.2) is 78.9 Å². The first kappa shape index (κ1) is 18.1. The molecule has 0 unspecified atom stereocenters. The molecule has 0 aliphatic rings. The molecule has 0 aromatic heterocycles. The van der Waals surface area contributed by atoms with Crippen molar-refractivity contribution < 1.29 is 4.74 Å². The normalized spacial score (nSPS) is 10.5. The second-order valence-corrected chi connectivity index (χ2v) is 6.51. The van der Waals surface area contributed by atoms with Crippen molar-refractivity contribution in [3.8, 4) is 16.9 Å². The molecule has 2 heteroatoms. The first-order valence-corrected chi connectivity index (χ1v) is 9.50. The average molecular weight is 345 g/mol. The number of hydrogen-bond donors (Lipinski definition) is 1. The Morgan fingerprint density at radius 3 is 2.23 bits per heavy atom. The summed E-state index contributed by atoms with van der Waals surface area (Å²) in [5.41, 5.74) is 4.58. The standard InChI is InChI=1S/C24H27NO/c1-2-3-4-8-18-26-24-13-9-12-23(19-24)25-22-16-14-21(15-17-22)20-10-6-5-7-11-20/h5-7,9-17,19,25H,2-4,8,18H2,1H3. The van der Waals surface area contributed by atoms with Crippen molar-refractivity contribution in [1.82, 2.24) is 0 Å². The summed E-state index contributed by atoms with van der Waals surface area (Å²) in [6.07, 6.45) is 4.89. The summed E-state index contributed by atoms with van der Waals surface area (Å²) >= 11 is 0. The molecular weight excluding hydrogens is 318 g/mol. The van der Waals surface area contributed by atoms with Crippen LogP contribution in [-0.4, -0.2) is 6.61 Å². The Hall–Kier alpha value is -2.74. The first-order valence-electron chi connectivity index (χ1n) is 9.50. The number of benzene rings is 3. The molecular formula is C24H27NO. The Kier molecular flexibility index (Phi) is 6.72.